The summed E-state index contributed by atoms with van der Waals surface area (Å²) in [6, 6.07) is 0. The Morgan fingerprint density at radius 3 is 2.19 bits per heavy atom. The molecule has 0 aromatic carbocycles. The molecule has 1 heteroatoms. The summed E-state index contributed by atoms with van der Waals surface area (Å²) in [5.41, 5.74) is 1.80. The molecule has 0 spiro atoms. The summed E-state index contributed by atoms with van der Waals surface area (Å²) in [5.74, 6) is 4.09. The van der Waals surface area contributed by atoms with Crippen LogP contribution >= 0.6 is 0 Å². The molecule has 0 aliphatic heterocycles. The van der Waals surface area contributed by atoms with Gasteiger partial charge in [0.15, 0.2) is 0 Å². The first kappa shape index (κ1) is 15.6. The first-order chi connectivity index (χ1) is 10.3. The zero-order valence-electron chi connectivity index (χ0n) is 13.8. The van der Waals surface area contributed by atoms with E-state index in [1.54, 1.807) is 5.57 Å². The number of allylic oxidation sites excluding steroid dienone is 2. The topological polar surface area (TPSA) is 0 Å². The second kappa shape index (κ2) is 7.29. The van der Waals surface area contributed by atoms with Gasteiger partial charge in [0.2, 0.25) is 0 Å². The van der Waals surface area contributed by atoms with Crippen LogP contribution in [0.2, 0.25) is 0 Å². The van der Waals surface area contributed by atoms with Gasteiger partial charge < -0.3 is 0 Å². The molecular formula is C20H33F. The fourth-order valence-electron chi connectivity index (χ4n) is 5.12. The van der Waals surface area contributed by atoms with Crippen LogP contribution < -0.4 is 0 Å². The molecule has 0 saturated heterocycles. The largest absolute Gasteiger partial charge is 0.251 e. The molecule has 0 N–H and O–H groups in total. The third-order valence-electron chi connectivity index (χ3n) is 6.80. The Hall–Kier alpha value is -0.330. The average molecular weight is 292 g/mol. The van der Waals surface area contributed by atoms with Crippen molar-refractivity contribution in [1.82, 2.24) is 0 Å². The fraction of sp³-hybridized carbons (Fsp3) is 0.900. The second-order valence-corrected chi connectivity index (χ2v) is 8.21. The Kier molecular flexibility index (Phi) is 5.40. The van der Waals surface area contributed by atoms with Crippen molar-refractivity contribution in [2.45, 2.75) is 77.6 Å². The molecule has 1 atom stereocenters. The van der Waals surface area contributed by atoms with Gasteiger partial charge in [-0.3, -0.25) is 4.39 Å². The number of rotatable bonds is 3. The maximum Gasteiger partial charge on any atom is 0.0922 e. The Morgan fingerprint density at radius 2 is 1.62 bits per heavy atom. The molecular weight excluding hydrogens is 259 g/mol. The lowest BCUT2D eigenvalue weighted by Gasteiger charge is -2.37. The van der Waals surface area contributed by atoms with Crippen molar-refractivity contribution >= 4 is 0 Å². The van der Waals surface area contributed by atoms with Gasteiger partial charge in [0, 0.05) is 0 Å². The van der Waals surface area contributed by atoms with Crippen molar-refractivity contribution in [1.29, 1.82) is 0 Å². The van der Waals surface area contributed by atoms with Crippen LogP contribution in [0.3, 0.4) is 0 Å². The summed E-state index contributed by atoms with van der Waals surface area (Å²) >= 11 is 0. The number of hydrogen-bond acceptors (Lipinski definition) is 0. The molecule has 0 aromatic rings. The fourth-order valence-corrected chi connectivity index (χ4v) is 5.12. The van der Waals surface area contributed by atoms with Gasteiger partial charge in [0.05, 0.1) is 6.67 Å². The van der Waals surface area contributed by atoms with E-state index >= 15 is 0 Å². The SMILES string of the molecule is CC1CCC(C2=CCC(C3CCC(CF)CC3)CC2)CC1. The van der Waals surface area contributed by atoms with Crippen LogP contribution in [0.1, 0.15) is 77.6 Å². The van der Waals surface area contributed by atoms with E-state index < -0.39 is 0 Å². The van der Waals surface area contributed by atoms with Crippen molar-refractivity contribution in [2.24, 2.45) is 29.6 Å². The predicted molar refractivity (Wildman–Crippen MR) is 88.0 cm³/mol. The van der Waals surface area contributed by atoms with Crippen molar-refractivity contribution in [3.63, 3.8) is 0 Å². The van der Waals surface area contributed by atoms with Gasteiger partial charge in [0.1, 0.15) is 0 Å². The summed E-state index contributed by atoms with van der Waals surface area (Å²) < 4.78 is 12.7. The summed E-state index contributed by atoms with van der Waals surface area (Å²) in [5, 5.41) is 0. The predicted octanol–water partition coefficient (Wildman–Crippen LogP) is 6.32. The third-order valence-corrected chi connectivity index (χ3v) is 6.80. The molecule has 3 aliphatic carbocycles. The second-order valence-electron chi connectivity index (χ2n) is 8.21. The molecule has 0 amide bonds. The Morgan fingerprint density at radius 1 is 0.905 bits per heavy atom. The molecule has 1 unspecified atom stereocenters. The normalized spacial score (nSPS) is 41.6. The Balaban J connectivity index is 1.48. The van der Waals surface area contributed by atoms with Crippen molar-refractivity contribution < 1.29 is 4.39 Å². The molecule has 2 fully saturated rings. The highest BCUT2D eigenvalue weighted by atomic mass is 19.1. The van der Waals surface area contributed by atoms with Crippen molar-refractivity contribution in [3.05, 3.63) is 11.6 Å². The first-order valence-electron chi connectivity index (χ1n) is 9.51. The Bertz CT molecular complexity index is 343. The van der Waals surface area contributed by atoms with Crippen molar-refractivity contribution in [2.75, 3.05) is 6.67 Å². The molecule has 3 aliphatic rings. The molecule has 0 radical (unpaired) electrons. The molecule has 3 rings (SSSR count). The lowest BCUT2D eigenvalue weighted by molar-refractivity contribution is 0.171. The minimum absolute atomic E-state index is 0.0818. The van der Waals surface area contributed by atoms with E-state index in [-0.39, 0.29) is 6.67 Å². The minimum atomic E-state index is -0.0818. The van der Waals surface area contributed by atoms with E-state index in [2.05, 4.69) is 13.0 Å². The summed E-state index contributed by atoms with van der Waals surface area (Å²) in [6.07, 6.45) is 17.4. The van der Waals surface area contributed by atoms with Gasteiger partial charge in [-0.1, -0.05) is 31.4 Å². The van der Waals surface area contributed by atoms with Gasteiger partial charge in [-0.15, -0.1) is 0 Å². The maximum atomic E-state index is 12.7. The highest BCUT2D eigenvalue weighted by molar-refractivity contribution is 5.12. The average Bonchev–Trinajstić information content (AvgIpc) is 2.56. The highest BCUT2D eigenvalue weighted by Crippen LogP contribution is 2.43. The number of alkyl halides is 1. The molecule has 0 bridgehead atoms. The van der Waals surface area contributed by atoms with E-state index in [0.29, 0.717) is 5.92 Å². The van der Waals surface area contributed by atoms with Gasteiger partial charge >= 0.3 is 0 Å². The van der Waals surface area contributed by atoms with Crippen LogP contribution in [0, 0.1) is 29.6 Å². The summed E-state index contributed by atoms with van der Waals surface area (Å²) in [7, 11) is 0. The van der Waals surface area contributed by atoms with Crippen LogP contribution in [-0.2, 0) is 0 Å². The standard InChI is InChI=1S/C20H33F/c1-15-2-6-17(7-3-15)19-10-12-20(13-11-19)18-8-4-16(14-21)5-9-18/h10,15-18,20H,2-9,11-14H2,1H3. The van der Waals surface area contributed by atoms with Gasteiger partial charge in [-0.25, -0.2) is 0 Å². The summed E-state index contributed by atoms with van der Waals surface area (Å²) in [4.78, 5) is 0. The first-order valence-corrected chi connectivity index (χ1v) is 9.51. The van der Waals surface area contributed by atoms with Gasteiger partial charge in [0.25, 0.3) is 0 Å². The third kappa shape index (κ3) is 3.90. The smallest absolute Gasteiger partial charge is 0.0922 e. The van der Waals surface area contributed by atoms with Crippen molar-refractivity contribution in [3.8, 4) is 0 Å². The minimum Gasteiger partial charge on any atom is -0.251 e. The van der Waals surface area contributed by atoms with Crippen LogP contribution in [0.5, 0.6) is 0 Å². The highest BCUT2D eigenvalue weighted by Gasteiger charge is 2.30. The van der Waals surface area contributed by atoms with Gasteiger partial charge in [-0.05, 0) is 87.4 Å². The number of halogens is 1. The van der Waals surface area contributed by atoms with E-state index in [1.165, 1.54) is 57.8 Å². The van der Waals surface area contributed by atoms with E-state index in [1.807, 2.05) is 0 Å². The molecule has 0 nitrogen and oxygen atoms in total. The Labute approximate surface area is 130 Å². The molecule has 21 heavy (non-hydrogen) atoms. The lowest BCUT2D eigenvalue weighted by atomic mass is 9.69. The van der Waals surface area contributed by atoms with E-state index in [0.717, 1.165) is 36.5 Å². The quantitative estimate of drug-likeness (QED) is 0.534. The number of hydrogen-bond donors (Lipinski definition) is 0. The van der Waals surface area contributed by atoms with Gasteiger partial charge in [-0.2, -0.15) is 0 Å². The van der Waals surface area contributed by atoms with Crippen LogP contribution in [0.15, 0.2) is 11.6 Å². The van der Waals surface area contributed by atoms with Crippen LogP contribution in [0.4, 0.5) is 4.39 Å². The molecule has 120 valence electrons. The van der Waals surface area contributed by atoms with E-state index in [9.17, 15) is 4.39 Å². The molecule has 0 aromatic heterocycles. The lowest BCUT2D eigenvalue weighted by Crippen LogP contribution is -2.25. The zero-order valence-corrected chi connectivity index (χ0v) is 13.8. The zero-order chi connectivity index (χ0) is 14.7. The maximum absolute atomic E-state index is 12.7. The molecule has 2 saturated carbocycles. The molecule has 0 heterocycles. The summed E-state index contributed by atoms with van der Waals surface area (Å²) in [6.45, 7) is 2.33. The van der Waals surface area contributed by atoms with Crippen LogP contribution in [0.25, 0.3) is 0 Å². The van der Waals surface area contributed by atoms with E-state index in [4.69, 9.17) is 0 Å². The van der Waals surface area contributed by atoms with Crippen LogP contribution in [-0.4, -0.2) is 6.67 Å². The monoisotopic (exact) mass is 292 g/mol.